The SMILES string of the molecule is [2H]C([2H])([2H])C=CC=CC[C@@H](C)[C@@H](OC(C)=O)[C@H]1C(=O)CCC1C. The molecule has 0 N–H and O–H groups in total. The normalized spacial score (nSPS) is 29.1. The summed E-state index contributed by atoms with van der Waals surface area (Å²) in [7, 11) is 0. The van der Waals surface area contributed by atoms with E-state index in [-0.39, 0.29) is 29.5 Å². The lowest BCUT2D eigenvalue weighted by atomic mass is 9.83. The Bertz CT molecular complexity index is 480. The molecule has 1 fully saturated rings. The van der Waals surface area contributed by atoms with Crippen molar-refractivity contribution in [3.8, 4) is 0 Å². The van der Waals surface area contributed by atoms with Gasteiger partial charge in [0.25, 0.3) is 0 Å². The summed E-state index contributed by atoms with van der Waals surface area (Å²) >= 11 is 0. The molecule has 0 aromatic carbocycles. The van der Waals surface area contributed by atoms with E-state index in [1.54, 1.807) is 6.08 Å². The van der Waals surface area contributed by atoms with Gasteiger partial charge in [-0.3, -0.25) is 9.59 Å². The van der Waals surface area contributed by atoms with E-state index in [1.165, 1.54) is 13.0 Å². The van der Waals surface area contributed by atoms with E-state index in [1.807, 2.05) is 19.9 Å². The van der Waals surface area contributed by atoms with Crippen LogP contribution in [0.25, 0.3) is 0 Å². The van der Waals surface area contributed by atoms with Crippen LogP contribution in [0.5, 0.6) is 0 Å². The highest BCUT2D eigenvalue weighted by Crippen LogP contribution is 2.36. The number of ketones is 1. The third-order valence-corrected chi connectivity index (χ3v) is 3.90. The molecule has 1 unspecified atom stereocenters. The van der Waals surface area contributed by atoms with E-state index in [9.17, 15) is 9.59 Å². The van der Waals surface area contributed by atoms with Crippen LogP contribution in [0.2, 0.25) is 0 Å². The lowest BCUT2D eigenvalue weighted by Gasteiger charge is -2.30. The van der Waals surface area contributed by atoms with Gasteiger partial charge in [-0.25, -0.2) is 0 Å². The van der Waals surface area contributed by atoms with Gasteiger partial charge in [0.15, 0.2) is 0 Å². The van der Waals surface area contributed by atoms with Gasteiger partial charge in [-0.15, -0.1) is 0 Å². The summed E-state index contributed by atoms with van der Waals surface area (Å²) in [5, 5.41) is 0. The van der Waals surface area contributed by atoms with E-state index in [2.05, 4.69) is 0 Å². The number of allylic oxidation sites excluding steroid dienone is 4. The Labute approximate surface area is 126 Å². The van der Waals surface area contributed by atoms with Crippen molar-refractivity contribution in [2.45, 2.75) is 53.0 Å². The van der Waals surface area contributed by atoms with Crippen LogP contribution < -0.4 is 0 Å². The zero-order valence-electron chi connectivity index (χ0n) is 15.5. The van der Waals surface area contributed by atoms with E-state index in [0.29, 0.717) is 12.8 Å². The minimum absolute atomic E-state index is 0.00851. The van der Waals surface area contributed by atoms with Gasteiger partial charge >= 0.3 is 5.97 Å². The summed E-state index contributed by atoms with van der Waals surface area (Å²) in [5.41, 5.74) is 0. The molecule has 1 rings (SSSR count). The van der Waals surface area contributed by atoms with Gasteiger partial charge in [-0.1, -0.05) is 38.2 Å². The highest BCUT2D eigenvalue weighted by atomic mass is 16.5. The number of hydrogen-bond donors (Lipinski definition) is 0. The molecule has 0 aromatic rings. The summed E-state index contributed by atoms with van der Waals surface area (Å²) < 4.78 is 26.7. The van der Waals surface area contributed by atoms with Gasteiger partial charge < -0.3 is 4.74 Å². The van der Waals surface area contributed by atoms with Crippen molar-refractivity contribution in [3.05, 3.63) is 24.3 Å². The molecule has 20 heavy (non-hydrogen) atoms. The topological polar surface area (TPSA) is 43.4 Å². The number of Topliss-reactive ketones (excluding diaryl/α,β-unsaturated/α-hetero) is 1. The van der Waals surface area contributed by atoms with Crippen molar-refractivity contribution in [2.75, 3.05) is 0 Å². The Morgan fingerprint density at radius 1 is 1.55 bits per heavy atom. The van der Waals surface area contributed by atoms with Crippen LogP contribution in [0, 0.1) is 17.8 Å². The smallest absolute Gasteiger partial charge is 0.302 e. The monoisotopic (exact) mass is 281 g/mol. The summed E-state index contributed by atoms with van der Waals surface area (Å²) in [6.07, 6.45) is 7.73. The van der Waals surface area contributed by atoms with Gasteiger partial charge in [0.1, 0.15) is 11.9 Å². The molecule has 4 atom stereocenters. The number of ether oxygens (including phenoxy) is 1. The molecule has 1 aliphatic carbocycles. The first kappa shape index (κ1) is 12.4. The standard InChI is InChI=1S/C17H26O3/c1-5-6-7-8-9-13(3)17(20-14(4)18)16-12(2)10-11-15(16)19/h5-8,12-13,16-17H,9-11H2,1-4H3/t12?,13-,16-,17-/m1/s1/i1D3. The number of carbonyl (C=O) groups excluding carboxylic acids is 2. The molecule has 0 radical (unpaired) electrons. The number of esters is 1. The zero-order chi connectivity index (χ0) is 17.6. The van der Waals surface area contributed by atoms with Gasteiger partial charge in [0.05, 0.1) is 5.92 Å². The van der Waals surface area contributed by atoms with Crippen LogP contribution in [-0.4, -0.2) is 17.9 Å². The van der Waals surface area contributed by atoms with E-state index in [0.717, 1.165) is 12.5 Å². The number of rotatable bonds is 6. The summed E-state index contributed by atoms with van der Waals surface area (Å²) in [6.45, 7) is 3.25. The molecule has 0 spiro atoms. The zero-order valence-corrected chi connectivity index (χ0v) is 12.5. The second-order valence-electron chi connectivity index (χ2n) is 5.58. The number of carbonyl (C=O) groups is 2. The molecule has 1 saturated carbocycles. The van der Waals surface area contributed by atoms with Crippen molar-refractivity contribution in [1.29, 1.82) is 0 Å². The summed E-state index contributed by atoms with van der Waals surface area (Å²) in [5.74, 6) is -0.235. The Balaban J connectivity index is 2.71. The van der Waals surface area contributed by atoms with Crippen LogP contribution in [-0.2, 0) is 14.3 Å². The largest absolute Gasteiger partial charge is 0.461 e. The fourth-order valence-corrected chi connectivity index (χ4v) is 2.84. The third-order valence-electron chi connectivity index (χ3n) is 3.90. The lowest BCUT2D eigenvalue weighted by molar-refractivity contribution is -0.154. The van der Waals surface area contributed by atoms with Crippen LogP contribution in [0.1, 0.15) is 51.0 Å². The molecular weight excluding hydrogens is 252 g/mol. The first-order chi connectivity index (χ1) is 10.6. The molecule has 3 nitrogen and oxygen atoms in total. The molecule has 0 heterocycles. The molecule has 1 aliphatic rings. The average Bonchev–Trinajstić information content (AvgIpc) is 2.73. The maximum Gasteiger partial charge on any atom is 0.302 e. The Morgan fingerprint density at radius 3 is 2.85 bits per heavy atom. The predicted octanol–water partition coefficient (Wildman–Crippen LogP) is 3.69. The van der Waals surface area contributed by atoms with Gasteiger partial charge in [0.2, 0.25) is 0 Å². The van der Waals surface area contributed by atoms with Crippen molar-refractivity contribution < 1.29 is 18.4 Å². The summed E-state index contributed by atoms with van der Waals surface area (Å²) in [4.78, 5) is 23.5. The Hall–Kier alpha value is -1.38. The quantitative estimate of drug-likeness (QED) is 0.551. The third kappa shape index (κ3) is 4.62. The molecule has 0 aliphatic heterocycles. The van der Waals surface area contributed by atoms with Gasteiger partial charge in [-0.05, 0) is 31.5 Å². The van der Waals surface area contributed by atoms with Crippen molar-refractivity contribution in [3.63, 3.8) is 0 Å². The minimum atomic E-state index is -2.08. The average molecular weight is 281 g/mol. The van der Waals surface area contributed by atoms with Crippen LogP contribution >= 0.6 is 0 Å². The van der Waals surface area contributed by atoms with Crippen molar-refractivity contribution in [2.24, 2.45) is 17.8 Å². The first-order valence-corrected chi connectivity index (χ1v) is 7.16. The predicted molar refractivity (Wildman–Crippen MR) is 80.2 cm³/mol. The molecule has 112 valence electrons. The lowest BCUT2D eigenvalue weighted by Crippen LogP contribution is -2.37. The molecule has 0 saturated heterocycles. The van der Waals surface area contributed by atoms with Crippen molar-refractivity contribution >= 4 is 11.8 Å². The van der Waals surface area contributed by atoms with Crippen LogP contribution in [0.3, 0.4) is 0 Å². The van der Waals surface area contributed by atoms with Crippen molar-refractivity contribution in [1.82, 2.24) is 0 Å². The van der Waals surface area contributed by atoms with E-state index < -0.39 is 13.0 Å². The summed E-state index contributed by atoms with van der Waals surface area (Å²) in [6, 6.07) is 0. The fourth-order valence-electron chi connectivity index (χ4n) is 2.84. The maximum atomic E-state index is 12.1. The first-order valence-electron chi connectivity index (χ1n) is 8.66. The molecule has 0 aromatic heterocycles. The Morgan fingerprint density at radius 2 is 2.30 bits per heavy atom. The highest BCUT2D eigenvalue weighted by Gasteiger charge is 2.41. The second kappa shape index (κ2) is 8.03. The fraction of sp³-hybridized carbons (Fsp3) is 0.647. The van der Waals surface area contributed by atoms with E-state index >= 15 is 0 Å². The molecule has 3 heteroatoms. The van der Waals surface area contributed by atoms with Gasteiger partial charge in [0, 0.05) is 17.5 Å². The Kier molecular flexibility index (Phi) is 4.97. The minimum Gasteiger partial charge on any atom is -0.461 e. The molecule has 0 amide bonds. The van der Waals surface area contributed by atoms with Crippen LogP contribution in [0.15, 0.2) is 24.3 Å². The number of hydrogen-bond acceptors (Lipinski definition) is 3. The maximum absolute atomic E-state index is 12.1. The highest BCUT2D eigenvalue weighted by molar-refractivity contribution is 5.84. The second-order valence-corrected chi connectivity index (χ2v) is 5.58. The molecular formula is C17H26O3. The molecule has 0 bridgehead atoms. The van der Waals surface area contributed by atoms with Crippen LogP contribution in [0.4, 0.5) is 0 Å². The van der Waals surface area contributed by atoms with E-state index in [4.69, 9.17) is 8.85 Å². The van der Waals surface area contributed by atoms with Gasteiger partial charge in [-0.2, -0.15) is 0 Å².